The number of nitrogens with zero attached hydrogens (tertiary/aromatic N) is 5. The summed E-state index contributed by atoms with van der Waals surface area (Å²) in [5.74, 6) is 0.624. The molecule has 10 nitrogen and oxygen atoms in total. The molecular formula is C20H22N6O4S. The van der Waals surface area contributed by atoms with Crippen LogP contribution in [0.15, 0.2) is 59.5 Å². The molecule has 3 aromatic rings. The maximum atomic E-state index is 12.7. The highest BCUT2D eigenvalue weighted by Gasteiger charge is 2.27. The standard InChI is InChI=1S/C20H22N6O4S/c27-20(14-26-23-19(22-24-26)15-30-17-8-2-1-3-9-17)21-16-7-6-10-18(13-16)31(28,29)25-11-4-5-12-25/h1-3,6-10,13H,4-5,11-12,14-15H2,(H,21,27). The SMILES string of the molecule is O=C(Cn1nnc(COc2ccccc2)n1)Nc1cccc(S(=O)(=O)N2CCCC2)c1. The fraction of sp³-hybridized carbons (Fsp3) is 0.300. The summed E-state index contributed by atoms with van der Waals surface area (Å²) < 4.78 is 32.4. The van der Waals surface area contributed by atoms with Gasteiger partial charge in [0.1, 0.15) is 12.3 Å². The zero-order valence-corrected chi connectivity index (χ0v) is 17.5. The van der Waals surface area contributed by atoms with Gasteiger partial charge in [-0.25, -0.2) is 8.42 Å². The van der Waals surface area contributed by atoms with Crippen LogP contribution in [0.5, 0.6) is 5.75 Å². The van der Waals surface area contributed by atoms with E-state index in [1.807, 2.05) is 30.3 Å². The zero-order chi connectivity index (χ0) is 21.7. The molecule has 1 amide bonds. The molecule has 11 heteroatoms. The Labute approximate surface area is 179 Å². The molecule has 1 saturated heterocycles. The summed E-state index contributed by atoms with van der Waals surface area (Å²) in [5.41, 5.74) is 0.387. The molecular weight excluding hydrogens is 420 g/mol. The molecule has 0 bridgehead atoms. The number of hydrogen-bond donors (Lipinski definition) is 1. The van der Waals surface area contributed by atoms with Gasteiger partial charge in [-0.05, 0) is 48.4 Å². The molecule has 2 aromatic carbocycles. The number of para-hydroxylation sites is 1. The van der Waals surface area contributed by atoms with Gasteiger partial charge in [0.05, 0.1) is 4.90 Å². The van der Waals surface area contributed by atoms with Gasteiger partial charge in [0.2, 0.25) is 21.8 Å². The lowest BCUT2D eigenvalue weighted by Crippen LogP contribution is -2.28. The number of carbonyl (C=O) groups is 1. The predicted octanol–water partition coefficient (Wildman–Crippen LogP) is 1.68. The number of amides is 1. The van der Waals surface area contributed by atoms with Crippen LogP contribution in [0.2, 0.25) is 0 Å². The van der Waals surface area contributed by atoms with Crippen LogP contribution < -0.4 is 10.1 Å². The van der Waals surface area contributed by atoms with Gasteiger partial charge in [0.25, 0.3) is 0 Å². The summed E-state index contributed by atoms with van der Waals surface area (Å²) in [6.07, 6.45) is 1.72. The molecule has 0 saturated carbocycles. The topological polar surface area (TPSA) is 119 Å². The Bertz CT molecular complexity index is 1140. The van der Waals surface area contributed by atoms with Gasteiger partial charge in [0, 0.05) is 18.8 Å². The average Bonchev–Trinajstić information content (AvgIpc) is 3.46. The number of nitrogens with one attached hydrogen (secondary N) is 1. The Kier molecular flexibility index (Phi) is 6.23. The molecule has 0 aliphatic carbocycles. The number of carbonyl (C=O) groups excluding carboxylic acids is 1. The highest BCUT2D eigenvalue weighted by molar-refractivity contribution is 7.89. The third-order valence-corrected chi connectivity index (χ3v) is 6.61. The zero-order valence-electron chi connectivity index (χ0n) is 16.7. The summed E-state index contributed by atoms with van der Waals surface area (Å²) in [4.78, 5) is 13.7. The minimum atomic E-state index is -3.55. The van der Waals surface area contributed by atoms with E-state index in [1.165, 1.54) is 16.4 Å². The first-order valence-corrected chi connectivity index (χ1v) is 11.3. The molecule has 1 aromatic heterocycles. The lowest BCUT2D eigenvalue weighted by Gasteiger charge is -2.16. The van der Waals surface area contributed by atoms with Crippen molar-refractivity contribution in [2.75, 3.05) is 18.4 Å². The molecule has 162 valence electrons. The van der Waals surface area contributed by atoms with E-state index in [4.69, 9.17) is 4.74 Å². The minimum Gasteiger partial charge on any atom is -0.485 e. The van der Waals surface area contributed by atoms with Crippen molar-refractivity contribution < 1.29 is 17.9 Å². The number of aromatic nitrogens is 4. The second kappa shape index (κ2) is 9.23. The fourth-order valence-corrected chi connectivity index (χ4v) is 4.77. The minimum absolute atomic E-state index is 0.127. The molecule has 31 heavy (non-hydrogen) atoms. The van der Waals surface area contributed by atoms with Crippen molar-refractivity contribution in [1.29, 1.82) is 0 Å². The maximum Gasteiger partial charge on any atom is 0.248 e. The summed E-state index contributed by atoms with van der Waals surface area (Å²) >= 11 is 0. The molecule has 2 heterocycles. The number of ether oxygens (including phenoxy) is 1. The Hall–Kier alpha value is -3.31. The Morgan fingerprint density at radius 3 is 2.61 bits per heavy atom. The van der Waals surface area contributed by atoms with Crippen LogP contribution in [0.1, 0.15) is 18.7 Å². The van der Waals surface area contributed by atoms with Crippen molar-refractivity contribution in [1.82, 2.24) is 24.5 Å². The lowest BCUT2D eigenvalue weighted by molar-refractivity contribution is -0.117. The highest BCUT2D eigenvalue weighted by Crippen LogP contribution is 2.23. The first-order chi connectivity index (χ1) is 15.0. The second-order valence-electron chi connectivity index (χ2n) is 7.02. The summed E-state index contributed by atoms with van der Waals surface area (Å²) in [6.45, 7) is 1.00. The van der Waals surface area contributed by atoms with Gasteiger partial charge >= 0.3 is 0 Å². The molecule has 1 fully saturated rings. The van der Waals surface area contributed by atoms with E-state index >= 15 is 0 Å². The number of anilines is 1. The van der Waals surface area contributed by atoms with Crippen LogP contribution in [-0.4, -0.2) is 51.9 Å². The fourth-order valence-electron chi connectivity index (χ4n) is 3.21. The van der Waals surface area contributed by atoms with Gasteiger partial charge < -0.3 is 10.1 Å². The first-order valence-electron chi connectivity index (χ1n) is 9.85. The van der Waals surface area contributed by atoms with E-state index in [9.17, 15) is 13.2 Å². The van der Waals surface area contributed by atoms with E-state index in [-0.39, 0.29) is 18.0 Å². The molecule has 0 atom stereocenters. The molecule has 0 spiro atoms. The maximum absolute atomic E-state index is 12.7. The van der Waals surface area contributed by atoms with Gasteiger partial charge in [-0.2, -0.15) is 9.10 Å². The van der Waals surface area contributed by atoms with E-state index in [0.29, 0.717) is 30.4 Å². The van der Waals surface area contributed by atoms with Crippen LogP contribution in [0.3, 0.4) is 0 Å². The van der Waals surface area contributed by atoms with Gasteiger partial charge in [-0.1, -0.05) is 24.3 Å². The summed E-state index contributed by atoms with van der Waals surface area (Å²) in [7, 11) is -3.55. The Morgan fingerprint density at radius 2 is 1.84 bits per heavy atom. The average molecular weight is 443 g/mol. The van der Waals surface area contributed by atoms with Gasteiger partial charge in [-0.3, -0.25) is 4.79 Å². The van der Waals surface area contributed by atoms with E-state index in [2.05, 4.69) is 20.7 Å². The smallest absolute Gasteiger partial charge is 0.248 e. The van der Waals surface area contributed by atoms with Gasteiger partial charge in [-0.15, -0.1) is 10.2 Å². The van der Waals surface area contributed by atoms with E-state index in [1.54, 1.807) is 12.1 Å². The molecule has 0 unspecified atom stereocenters. The Balaban J connectivity index is 1.34. The van der Waals surface area contributed by atoms with E-state index < -0.39 is 15.9 Å². The normalized spacial score (nSPS) is 14.5. The van der Waals surface area contributed by atoms with Crippen molar-refractivity contribution in [2.45, 2.75) is 30.9 Å². The van der Waals surface area contributed by atoms with Crippen molar-refractivity contribution >= 4 is 21.6 Å². The number of hydrogen-bond acceptors (Lipinski definition) is 7. The van der Waals surface area contributed by atoms with Crippen LogP contribution in [-0.2, 0) is 28.0 Å². The summed E-state index contributed by atoms with van der Waals surface area (Å²) in [6, 6.07) is 15.5. The van der Waals surface area contributed by atoms with Crippen molar-refractivity contribution in [3.05, 3.63) is 60.4 Å². The van der Waals surface area contributed by atoms with E-state index in [0.717, 1.165) is 17.6 Å². The van der Waals surface area contributed by atoms with Crippen LogP contribution in [0.4, 0.5) is 5.69 Å². The highest BCUT2D eigenvalue weighted by atomic mass is 32.2. The Morgan fingerprint density at radius 1 is 1.06 bits per heavy atom. The monoisotopic (exact) mass is 442 g/mol. The molecule has 4 rings (SSSR count). The first kappa shape index (κ1) is 20.9. The third-order valence-electron chi connectivity index (χ3n) is 4.71. The quantitative estimate of drug-likeness (QED) is 0.564. The number of rotatable bonds is 8. The van der Waals surface area contributed by atoms with Crippen LogP contribution in [0.25, 0.3) is 0 Å². The van der Waals surface area contributed by atoms with Gasteiger partial charge in [0.15, 0.2) is 6.61 Å². The lowest BCUT2D eigenvalue weighted by atomic mass is 10.3. The molecule has 0 radical (unpaired) electrons. The van der Waals surface area contributed by atoms with Crippen molar-refractivity contribution in [2.24, 2.45) is 0 Å². The van der Waals surface area contributed by atoms with Crippen molar-refractivity contribution in [3.8, 4) is 5.75 Å². The largest absolute Gasteiger partial charge is 0.485 e. The van der Waals surface area contributed by atoms with Crippen LogP contribution >= 0.6 is 0 Å². The number of tetrazole rings is 1. The van der Waals surface area contributed by atoms with Crippen molar-refractivity contribution in [3.63, 3.8) is 0 Å². The summed E-state index contributed by atoms with van der Waals surface area (Å²) in [5, 5.41) is 14.5. The third kappa shape index (κ3) is 5.25. The molecule has 1 aliphatic heterocycles. The second-order valence-corrected chi connectivity index (χ2v) is 8.96. The molecule has 1 N–H and O–H groups in total. The van der Waals surface area contributed by atoms with Crippen LogP contribution in [0, 0.1) is 0 Å². The molecule has 1 aliphatic rings. The predicted molar refractivity (Wildman–Crippen MR) is 112 cm³/mol. The number of sulfonamides is 1. The number of benzene rings is 2.